The van der Waals surface area contributed by atoms with E-state index in [0.29, 0.717) is 5.88 Å². The van der Waals surface area contributed by atoms with Crippen LogP contribution in [0.2, 0.25) is 0 Å². The van der Waals surface area contributed by atoms with E-state index in [0.717, 1.165) is 30.5 Å². The Morgan fingerprint density at radius 3 is 2.58 bits per heavy atom. The minimum absolute atomic E-state index is 0.567. The summed E-state index contributed by atoms with van der Waals surface area (Å²) in [5.41, 5.74) is 2.23. The lowest BCUT2D eigenvalue weighted by molar-refractivity contribution is 0.247. The van der Waals surface area contributed by atoms with Crippen LogP contribution in [0.15, 0.2) is 12.1 Å². The molecule has 0 aromatic carbocycles. The summed E-state index contributed by atoms with van der Waals surface area (Å²) < 4.78 is 0. The van der Waals surface area contributed by atoms with Crippen molar-refractivity contribution in [1.29, 1.82) is 0 Å². The van der Waals surface area contributed by atoms with Gasteiger partial charge in [0, 0.05) is 44.3 Å². The fourth-order valence-corrected chi connectivity index (χ4v) is 2.94. The average molecular weight is 280 g/mol. The van der Waals surface area contributed by atoms with Gasteiger partial charge in [0.1, 0.15) is 5.82 Å². The van der Waals surface area contributed by atoms with E-state index in [1.54, 1.807) is 0 Å². The molecule has 0 spiro atoms. The number of alkyl halides is 1. The van der Waals surface area contributed by atoms with Crippen LogP contribution in [-0.2, 0) is 5.88 Å². The summed E-state index contributed by atoms with van der Waals surface area (Å²) in [7, 11) is 0. The Labute approximate surface area is 120 Å². The number of pyridine rings is 1. The van der Waals surface area contributed by atoms with E-state index in [1.807, 2.05) is 6.92 Å². The number of hydrogen-bond acceptors (Lipinski definition) is 3. The van der Waals surface area contributed by atoms with Crippen LogP contribution < -0.4 is 4.90 Å². The highest BCUT2D eigenvalue weighted by atomic mass is 35.5. The Balaban J connectivity index is 1.62. The van der Waals surface area contributed by atoms with E-state index < -0.39 is 0 Å². The monoisotopic (exact) mass is 279 g/mol. The van der Waals surface area contributed by atoms with Gasteiger partial charge in [0.05, 0.1) is 0 Å². The van der Waals surface area contributed by atoms with E-state index in [9.17, 15) is 0 Å². The molecule has 4 heteroatoms. The van der Waals surface area contributed by atoms with Gasteiger partial charge in [-0.05, 0) is 43.4 Å². The van der Waals surface area contributed by atoms with Crippen LogP contribution in [0.1, 0.15) is 24.1 Å². The van der Waals surface area contributed by atoms with Gasteiger partial charge in [-0.25, -0.2) is 4.98 Å². The van der Waals surface area contributed by atoms with Crippen LogP contribution in [0, 0.1) is 12.8 Å². The van der Waals surface area contributed by atoms with Crippen molar-refractivity contribution in [3.63, 3.8) is 0 Å². The number of hydrogen-bond donors (Lipinski definition) is 0. The minimum Gasteiger partial charge on any atom is -0.354 e. The molecular weight excluding hydrogens is 258 g/mol. The van der Waals surface area contributed by atoms with Crippen molar-refractivity contribution in [3.05, 3.63) is 23.4 Å². The molecule has 3 nitrogen and oxygen atoms in total. The molecule has 1 aromatic heterocycles. The molecule has 1 saturated heterocycles. The zero-order valence-electron chi connectivity index (χ0n) is 11.6. The number of rotatable bonds is 4. The smallest absolute Gasteiger partial charge is 0.129 e. The maximum atomic E-state index is 5.94. The van der Waals surface area contributed by atoms with Gasteiger partial charge >= 0.3 is 0 Å². The Hall–Kier alpha value is -0.800. The van der Waals surface area contributed by atoms with Gasteiger partial charge in [0.15, 0.2) is 0 Å². The first-order valence-electron chi connectivity index (χ1n) is 7.25. The molecule has 2 fully saturated rings. The molecule has 1 aromatic rings. The second kappa shape index (κ2) is 5.68. The summed E-state index contributed by atoms with van der Waals surface area (Å²) in [5.74, 6) is 2.66. The van der Waals surface area contributed by atoms with Crippen molar-refractivity contribution < 1.29 is 0 Å². The van der Waals surface area contributed by atoms with Gasteiger partial charge in [-0.15, -0.1) is 11.6 Å². The molecule has 19 heavy (non-hydrogen) atoms. The molecule has 2 heterocycles. The molecule has 1 aliphatic carbocycles. The fourth-order valence-electron chi connectivity index (χ4n) is 2.79. The first-order chi connectivity index (χ1) is 9.24. The predicted molar refractivity (Wildman–Crippen MR) is 79.9 cm³/mol. The maximum absolute atomic E-state index is 5.94. The Kier molecular flexibility index (Phi) is 3.94. The summed E-state index contributed by atoms with van der Waals surface area (Å²) in [6.45, 7) is 7.87. The second-order valence-corrected chi connectivity index (χ2v) is 6.11. The van der Waals surface area contributed by atoms with Crippen molar-refractivity contribution in [1.82, 2.24) is 9.88 Å². The average Bonchev–Trinajstić information content (AvgIpc) is 3.23. The number of piperazine rings is 1. The number of aromatic nitrogens is 1. The fraction of sp³-hybridized carbons (Fsp3) is 0.667. The van der Waals surface area contributed by atoms with Crippen molar-refractivity contribution in [3.8, 4) is 0 Å². The molecule has 2 aliphatic rings. The van der Waals surface area contributed by atoms with E-state index in [-0.39, 0.29) is 0 Å². The van der Waals surface area contributed by atoms with Crippen LogP contribution in [0.25, 0.3) is 0 Å². The first-order valence-corrected chi connectivity index (χ1v) is 7.79. The van der Waals surface area contributed by atoms with Gasteiger partial charge in [-0.3, -0.25) is 4.90 Å². The summed E-state index contributed by atoms with van der Waals surface area (Å²) >= 11 is 5.94. The Bertz CT molecular complexity index is 437. The number of nitrogens with zero attached hydrogens (tertiary/aromatic N) is 3. The summed E-state index contributed by atoms with van der Waals surface area (Å²) in [6.07, 6.45) is 2.89. The lowest BCUT2D eigenvalue weighted by atomic mass is 10.2. The van der Waals surface area contributed by atoms with Crippen LogP contribution in [0.4, 0.5) is 5.82 Å². The van der Waals surface area contributed by atoms with Gasteiger partial charge in [-0.1, -0.05) is 0 Å². The zero-order valence-corrected chi connectivity index (χ0v) is 12.4. The van der Waals surface area contributed by atoms with Gasteiger partial charge in [-0.2, -0.15) is 0 Å². The van der Waals surface area contributed by atoms with E-state index in [2.05, 4.69) is 26.9 Å². The second-order valence-electron chi connectivity index (χ2n) is 5.84. The Morgan fingerprint density at radius 1 is 1.21 bits per heavy atom. The van der Waals surface area contributed by atoms with E-state index >= 15 is 0 Å². The van der Waals surface area contributed by atoms with Crippen molar-refractivity contribution in [2.75, 3.05) is 37.6 Å². The third-order valence-corrected chi connectivity index (χ3v) is 4.37. The summed E-state index contributed by atoms with van der Waals surface area (Å²) in [5, 5.41) is 0. The number of anilines is 1. The van der Waals surface area contributed by atoms with Crippen molar-refractivity contribution in [2.45, 2.75) is 25.6 Å². The van der Waals surface area contributed by atoms with Crippen LogP contribution in [0.5, 0.6) is 0 Å². The van der Waals surface area contributed by atoms with Crippen molar-refractivity contribution >= 4 is 17.4 Å². The van der Waals surface area contributed by atoms with E-state index in [1.165, 1.54) is 38.0 Å². The molecule has 104 valence electrons. The molecule has 0 radical (unpaired) electrons. The molecular formula is C15H22ClN3. The third-order valence-electron chi connectivity index (χ3n) is 4.06. The molecule has 1 aliphatic heterocycles. The topological polar surface area (TPSA) is 19.4 Å². The molecule has 1 saturated carbocycles. The molecule has 0 N–H and O–H groups in total. The minimum atomic E-state index is 0.567. The summed E-state index contributed by atoms with van der Waals surface area (Å²) in [6, 6.07) is 4.20. The SMILES string of the molecule is Cc1cc(CCl)cc(N2CCN(CC3CC3)CC2)n1. The first kappa shape index (κ1) is 13.2. The maximum Gasteiger partial charge on any atom is 0.129 e. The number of halogens is 1. The van der Waals surface area contributed by atoms with Gasteiger partial charge in [0.2, 0.25) is 0 Å². The lowest BCUT2D eigenvalue weighted by Crippen LogP contribution is -2.47. The highest BCUT2D eigenvalue weighted by molar-refractivity contribution is 6.17. The largest absolute Gasteiger partial charge is 0.354 e. The zero-order chi connectivity index (χ0) is 13.2. The third kappa shape index (κ3) is 3.40. The quantitative estimate of drug-likeness (QED) is 0.790. The van der Waals surface area contributed by atoms with Crippen LogP contribution >= 0.6 is 11.6 Å². The van der Waals surface area contributed by atoms with E-state index in [4.69, 9.17) is 11.6 Å². The van der Waals surface area contributed by atoms with Crippen molar-refractivity contribution in [2.24, 2.45) is 5.92 Å². The molecule has 0 amide bonds. The molecule has 3 rings (SSSR count). The highest BCUT2D eigenvalue weighted by Gasteiger charge is 2.26. The normalized spacial score (nSPS) is 20.8. The molecule has 0 bridgehead atoms. The lowest BCUT2D eigenvalue weighted by Gasteiger charge is -2.35. The molecule has 0 atom stereocenters. The standard InChI is InChI=1S/C15H22ClN3/c1-12-8-14(10-16)9-15(17-12)19-6-4-18(5-7-19)11-13-2-3-13/h8-9,13H,2-7,10-11H2,1H3. The van der Waals surface area contributed by atoms with Gasteiger partial charge < -0.3 is 4.90 Å². The van der Waals surface area contributed by atoms with Crippen LogP contribution in [-0.4, -0.2) is 42.6 Å². The highest BCUT2D eigenvalue weighted by Crippen LogP contribution is 2.30. The predicted octanol–water partition coefficient (Wildman–Crippen LogP) is 2.66. The van der Waals surface area contributed by atoms with Crippen LogP contribution in [0.3, 0.4) is 0 Å². The Morgan fingerprint density at radius 2 is 1.95 bits per heavy atom. The molecule has 0 unspecified atom stereocenters. The van der Waals surface area contributed by atoms with Gasteiger partial charge in [0.25, 0.3) is 0 Å². The summed E-state index contributed by atoms with van der Waals surface area (Å²) in [4.78, 5) is 9.65. The number of aryl methyl sites for hydroxylation is 1.